The number of methoxy groups -OCH3 is 1. The molecule has 21 heteroatoms. The molecule has 0 N–H and O–H groups in total. The fraction of sp³-hybridized carbons (Fsp3) is 0.388. The lowest BCUT2D eigenvalue weighted by Gasteiger charge is -2.52. The highest BCUT2D eigenvalue weighted by molar-refractivity contribution is 6.21. The van der Waals surface area contributed by atoms with Crippen molar-refractivity contribution >= 4 is 29.7 Å². The predicted octanol–water partition coefficient (Wildman–Crippen LogP) is 8.00. The van der Waals surface area contributed by atoms with Crippen molar-refractivity contribution in [1.29, 1.82) is 0 Å². The van der Waals surface area contributed by atoms with Crippen molar-refractivity contribution in [1.82, 2.24) is 4.90 Å². The molecule has 5 aliphatic rings. The number of rotatable bonds is 22. The van der Waals surface area contributed by atoms with Gasteiger partial charge in [-0.05, 0) is 60.0 Å². The molecular formula is C67H69NO20. The Morgan fingerprint density at radius 1 is 0.500 bits per heavy atom. The van der Waals surface area contributed by atoms with Gasteiger partial charge in [0.05, 0.1) is 50.8 Å². The molecule has 0 bridgehead atoms. The normalized spacial score (nSPS) is 29.3. The van der Waals surface area contributed by atoms with E-state index >= 15 is 0 Å². The second-order valence-corrected chi connectivity index (χ2v) is 21.7. The van der Waals surface area contributed by atoms with E-state index in [-0.39, 0.29) is 37.6 Å². The van der Waals surface area contributed by atoms with Gasteiger partial charge >= 0.3 is 17.9 Å². The number of carbonyl (C=O) groups excluding carboxylic acids is 5. The molecule has 0 aromatic heterocycles. The molecule has 0 radical (unpaired) electrons. The molecule has 4 saturated heterocycles. The van der Waals surface area contributed by atoms with Gasteiger partial charge in [0, 0.05) is 26.3 Å². The predicted molar refractivity (Wildman–Crippen MR) is 309 cm³/mol. The molecule has 4 fully saturated rings. The van der Waals surface area contributed by atoms with Gasteiger partial charge in [-0.25, -0.2) is 0 Å². The Bertz CT molecular complexity index is 3270. The summed E-state index contributed by atoms with van der Waals surface area (Å²) in [4.78, 5) is 69.6. The Morgan fingerprint density at radius 3 is 1.55 bits per heavy atom. The molecule has 88 heavy (non-hydrogen) atoms. The topological polar surface area (TPSA) is 227 Å². The lowest BCUT2D eigenvalue weighted by Crippen LogP contribution is -2.70. The molecule has 0 saturated carbocycles. The monoisotopic (exact) mass is 1210 g/mol. The van der Waals surface area contributed by atoms with Crippen LogP contribution in [0.15, 0.2) is 170 Å². The Balaban J connectivity index is 1.05. The van der Waals surface area contributed by atoms with Crippen molar-refractivity contribution in [2.75, 3.05) is 20.3 Å². The number of nitrogens with zero attached hydrogens (tertiary/aromatic N) is 1. The summed E-state index contributed by atoms with van der Waals surface area (Å²) < 4.78 is 99.6. The standard InChI is InChI=1S/C67H69NO20/c1-39-54(86-65-53(68-62(72)49-28-18-19-29-50(49)63(68)73)57(82-42(4)71)55(81-41(3)70)51(84-65)37-75-40(2)69)59(61(78-36-45-24-14-8-15-25-45)66(80-39)83-48-32-30-47(74-5)31-33-48)88-67-60(77-35-44-22-12-7-13-23-44)58(76-34-43-20-10-6-11-21-43)56-52(85-67)38-79-64(87-56)46-26-16-9-17-27-46/h6-33,39,51-61,64-67H,34-38H2,1-5H3/t39-,51+,52+,53+,54+,55+,56+,57+,58-,59+,60+,61-,64?,65-,66+,67+/m0/s1. The van der Waals surface area contributed by atoms with Crippen LogP contribution >= 0.6 is 0 Å². The molecular weight excluding hydrogens is 1140 g/mol. The fourth-order valence-corrected chi connectivity index (χ4v) is 11.5. The maximum atomic E-state index is 14.8. The van der Waals surface area contributed by atoms with Gasteiger partial charge in [-0.2, -0.15) is 0 Å². The Hall–Kier alpha value is -7.93. The third kappa shape index (κ3) is 14.3. The van der Waals surface area contributed by atoms with E-state index in [0.717, 1.165) is 41.0 Å². The average molecular weight is 1210 g/mol. The van der Waals surface area contributed by atoms with Crippen LogP contribution in [0.25, 0.3) is 0 Å². The first kappa shape index (κ1) is 61.7. The highest BCUT2D eigenvalue weighted by Crippen LogP contribution is 2.43. The maximum absolute atomic E-state index is 14.8. The quantitative estimate of drug-likeness (QED) is 0.0356. The van der Waals surface area contributed by atoms with Gasteiger partial charge in [0.2, 0.25) is 6.29 Å². The van der Waals surface area contributed by atoms with Crippen LogP contribution in [0.4, 0.5) is 0 Å². The number of imide groups is 1. The van der Waals surface area contributed by atoms with Crippen LogP contribution in [-0.2, 0) is 95.8 Å². The van der Waals surface area contributed by atoms with E-state index in [1.54, 1.807) is 50.4 Å². The third-order valence-corrected chi connectivity index (χ3v) is 15.6. The molecule has 462 valence electrons. The highest BCUT2D eigenvalue weighted by Gasteiger charge is 2.61. The molecule has 2 amide bonds. The van der Waals surface area contributed by atoms with E-state index in [1.807, 2.05) is 121 Å². The summed E-state index contributed by atoms with van der Waals surface area (Å²) in [6.07, 6.45) is -19.0. The van der Waals surface area contributed by atoms with Gasteiger partial charge in [-0.15, -0.1) is 0 Å². The van der Waals surface area contributed by atoms with Gasteiger partial charge in [-0.1, -0.05) is 133 Å². The van der Waals surface area contributed by atoms with E-state index in [2.05, 4.69) is 0 Å². The SMILES string of the molecule is COc1ccc(O[C@H]2O[C@@H](C)[C@@H](O[C@@H]3O[C@H](COC(C)=O)[C@@H](OC(C)=O)[C@H](OC(C)=O)[C@H]3N3C(=O)c4ccccc4C3=O)[C@@H](O[C@H]3O[C@@H]4COC(c5ccccc5)O[C@H]4[C@H](OCc4ccccc4)[C@H]3OCc3ccccc3)[C@@H]2OCc2ccccc2)cc1. The number of carbonyl (C=O) groups is 5. The molecule has 16 atom stereocenters. The number of fused-ring (bicyclic) bond motifs is 2. The first-order valence-electron chi connectivity index (χ1n) is 29.1. The van der Waals surface area contributed by atoms with Crippen molar-refractivity contribution in [3.05, 3.63) is 203 Å². The molecule has 11 rings (SSSR count). The number of esters is 3. The summed E-state index contributed by atoms with van der Waals surface area (Å²) in [5, 5.41) is 0. The van der Waals surface area contributed by atoms with E-state index in [0.29, 0.717) is 11.5 Å². The summed E-state index contributed by atoms with van der Waals surface area (Å²) in [7, 11) is 1.55. The lowest BCUT2D eigenvalue weighted by molar-refractivity contribution is -0.401. The number of hydrogen-bond acceptors (Lipinski definition) is 20. The van der Waals surface area contributed by atoms with Crippen molar-refractivity contribution in [2.24, 2.45) is 0 Å². The van der Waals surface area contributed by atoms with Crippen LogP contribution in [0, 0.1) is 0 Å². The molecule has 6 aromatic rings. The zero-order valence-electron chi connectivity index (χ0n) is 49.1. The number of hydrogen-bond donors (Lipinski definition) is 0. The first-order chi connectivity index (χ1) is 42.8. The third-order valence-electron chi connectivity index (χ3n) is 15.6. The summed E-state index contributed by atoms with van der Waals surface area (Å²) >= 11 is 0. The van der Waals surface area contributed by atoms with Gasteiger partial charge < -0.3 is 71.1 Å². The highest BCUT2D eigenvalue weighted by atomic mass is 16.8. The minimum absolute atomic E-state index is 0.0184. The van der Waals surface area contributed by atoms with Gasteiger partial charge in [0.15, 0.2) is 31.1 Å². The van der Waals surface area contributed by atoms with E-state index < -0.39 is 135 Å². The van der Waals surface area contributed by atoms with E-state index in [4.69, 9.17) is 71.1 Å². The van der Waals surface area contributed by atoms with Crippen LogP contribution in [0.2, 0.25) is 0 Å². The van der Waals surface area contributed by atoms with E-state index in [1.165, 1.54) is 19.1 Å². The Labute approximate surface area is 508 Å². The average Bonchev–Trinajstić information content (AvgIpc) is 1.41. The Morgan fingerprint density at radius 2 is 1.00 bits per heavy atom. The molecule has 1 unspecified atom stereocenters. The number of ether oxygens (including phenoxy) is 15. The smallest absolute Gasteiger partial charge is 0.303 e. The fourth-order valence-electron chi connectivity index (χ4n) is 11.5. The second kappa shape index (κ2) is 28.5. The number of benzene rings is 6. The Kier molecular flexibility index (Phi) is 20.0. The minimum Gasteiger partial charge on any atom is -0.497 e. The van der Waals surface area contributed by atoms with Crippen LogP contribution in [0.3, 0.4) is 0 Å². The van der Waals surface area contributed by atoms with Gasteiger partial charge in [-0.3, -0.25) is 28.9 Å². The lowest BCUT2D eigenvalue weighted by atomic mass is 9.93. The van der Waals surface area contributed by atoms with Crippen molar-refractivity contribution in [3.63, 3.8) is 0 Å². The molecule has 0 aliphatic carbocycles. The molecule has 21 nitrogen and oxygen atoms in total. The van der Waals surface area contributed by atoms with Crippen LogP contribution in [-0.4, -0.2) is 147 Å². The summed E-state index contributed by atoms with van der Waals surface area (Å²) in [5.74, 6) is -3.13. The molecule has 0 spiro atoms. The van der Waals surface area contributed by atoms with E-state index in [9.17, 15) is 24.0 Å². The van der Waals surface area contributed by atoms with Crippen molar-refractivity contribution < 1.29 is 95.0 Å². The summed E-state index contributed by atoms with van der Waals surface area (Å²) in [6, 6.07) is 49.4. The number of amides is 2. The van der Waals surface area contributed by atoms with Gasteiger partial charge in [0.25, 0.3) is 11.8 Å². The minimum atomic E-state index is -1.83. The van der Waals surface area contributed by atoms with Crippen LogP contribution in [0.5, 0.6) is 11.5 Å². The summed E-state index contributed by atoms with van der Waals surface area (Å²) in [5.41, 5.74) is 3.29. The summed E-state index contributed by atoms with van der Waals surface area (Å²) in [6.45, 7) is 4.68. The largest absolute Gasteiger partial charge is 0.497 e. The molecule has 5 aliphatic heterocycles. The first-order valence-corrected chi connectivity index (χ1v) is 29.1. The molecule has 6 aromatic carbocycles. The zero-order valence-corrected chi connectivity index (χ0v) is 49.1. The second-order valence-electron chi connectivity index (χ2n) is 21.7. The molecule has 5 heterocycles. The zero-order chi connectivity index (χ0) is 61.3. The van der Waals surface area contributed by atoms with Crippen LogP contribution in [0.1, 0.15) is 77.0 Å². The van der Waals surface area contributed by atoms with Gasteiger partial charge in [0.1, 0.15) is 73.0 Å². The van der Waals surface area contributed by atoms with Crippen molar-refractivity contribution in [2.45, 2.75) is 146 Å². The van der Waals surface area contributed by atoms with Crippen LogP contribution < -0.4 is 9.47 Å². The van der Waals surface area contributed by atoms with Crippen molar-refractivity contribution in [3.8, 4) is 11.5 Å². The maximum Gasteiger partial charge on any atom is 0.303 e.